The summed E-state index contributed by atoms with van der Waals surface area (Å²) in [5.74, 6) is 1.60. The van der Waals surface area contributed by atoms with Crippen LogP contribution in [0.2, 0.25) is 0 Å². The van der Waals surface area contributed by atoms with Gasteiger partial charge < -0.3 is 20.1 Å². The summed E-state index contributed by atoms with van der Waals surface area (Å²) in [6, 6.07) is 3.75. The van der Waals surface area contributed by atoms with Crippen LogP contribution >= 0.6 is 0 Å². The quantitative estimate of drug-likeness (QED) is 0.813. The first-order valence-corrected chi connectivity index (χ1v) is 7.28. The zero-order chi connectivity index (χ0) is 14.8. The zero-order valence-corrected chi connectivity index (χ0v) is 12.3. The summed E-state index contributed by atoms with van der Waals surface area (Å²) in [5, 5.41) is 0. The molecule has 3 rings (SSSR count). The molecule has 1 aromatic rings. The lowest BCUT2D eigenvalue weighted by Crippen LogP contribution is -2.34. The van der Waals surface area contributed by atoms with Crippen molar-refractivity contribution in [3.8, 4) is 11.5 Å². The summed E-state index contributed by atoms with van der Waals surface area (Å²) in [6.07, 6.45) is 0.979. The molecule has 1 saturated heterocycles. The van der Waals surface area contributed by atoms with Gasteiger partial charge in [0.1, 0.15) is 13.2 Å². The second-order valence-electron chi connectivity index (χ2n) is 5.57. The van der Waals surface area contributed by atoms with Crippen LogP contribution in [0.5, 0.6) is 11.5 Å². The van der Waals surface area contributed by atoms with Crippen molar-refractivity contribution < 1.29 is 14.3 Å². The van der Waals surface area contributed by atoms with Crippen LogP contribution in [-0.4, -0.2) is 55.6 Å². The zero-order valence-electron chi connectivity index (χ0n) is 12.3. The highest BCUT2D eigenvalue weighted by Gasteiger charge is 2.21. The summed E-state index contributed by atoms with van der Waals surface area (Å²) in [4.78, 5) is 15.9. The third kappa shape index (κ3) is 3.05. The number of amides is 1. The molecule has 6 heteroatoms. The number of nitrogens with two attached hydrogens (primary N) is 1. The van der Waals surface area contributed by atoms with Gasteiger partial charge in [-0.15, -0.1) is 0 Å². The summed E-state index contributed by atoms with van der Waals surface area (Å²) in [7, 11) is 1.85. The lowest BCUT2D eigenvalue weighted by molar-refractivity contribution is -0.129. The minimum Gasteiger partial charge on any atom is -0.486 e. The van der Waals surface area contributed by atoms with Gasteiger partial charge in [0.2, 0.25) is 5.91 Å². The van der Waals surface area contributed by atoms with Crippen LogP contribution in [0, 0.1) is 0 Å². The Morgan fingerprint density at radius 2 is 1.90 bits per heavy atom. The lowest BCUT2D eigenvalue weighted by Gasteiger charge is -2.23. The number of hydrogen-bond acceptors (Lipinski definition) is 5. The van der Waals surface area contributed by atoms with E-state index in [1.807, 2.05) is 19.2 Å². The third-order valence-electron chi connectivity index (χ3n) is 3.95. The SMILES string of the molecule is CN1CCCN(Cc2cc3c(cc2N)OCCO3)CC1=O. The number of benzene rings is 1. The molecule has 6 nitrogen and oxygen atoms in total. The fourth-order valence-electron chi connectivity index (χ4n) is 2.71. The lowest BCUT2D eigenvalue weighted by atomic mass is 10.1. The molecule has 0 unspecified atom stereocenters. The third-order valence-corrected chi connectivity index (χ3v) is 3.95. The van der Waals surface area contributed by atoms with Crippen LogP contribution in [0.25, 0.3) is 0 Å². The first kappa shape index (κ1) is 14.0. The Bertz CT molecular complexity index is 547. The van der Waals surface area contributed by atoms with E-state index in [4.69, 9.17) is 15.2 Å². The van der Waals surface area contributed by atoms with E-state index in [0.717, 1.165) is 30.8 Å². The van der Waals surface area contributed by atoms with Crippen molar-refractivity contribution in [1.29, 1.82) is 0 Å². The largest absolute Gasteiger partial charge is 0.486 e. The van der Waals surface area contributed by atoms with Crippen molar-refractivity contribution in [3.05, 3.63) is 17.7 Å². The number of hydrogen-bond donors (Lipinski definition) is 1. The summed E-state index contributed by atoms with van der Waals surface area (Å²) in [6.45, 7) is 3.91. The Hall–Kier alpha value is -1.95. The van der Waals surface area contributed by atoms with Gasteiger partial charge in [0.15, 0.2) is 11.5 Å². The van der Waals surface area contributed by atoms with E-state index in [9.17, 15) is 4.79 Å². The Morgan fingerprint density at radius 3 is 2.67 bits per heavy atom. The predicted octanol–water partition coefficient (Wildman–Crippen LogP) is 0.704. The average molecular weight is 291 g/mol. The monoisotopic (exact) mass is 291 g/mol. The first-order valence-electron chi connectivity index (χ1n) is 7.28. The predicted molar refractivity (Wildman–Crippen MR) is 79.4 cm³/mol. The Morgan fingerprint density at radius 1 is 1.19 bits per heavy atom. The fraction of sp³-hybridized carbons (Fsp3) is 0.533. The van der Waals surface area contributed by atoms with Gasteiger partial charge in [0.05, 0.1) is 6.54 Å². The number of nitrogens with zero attached hydrogens (tertiary/aromatic N) is 2. The Kier molecular flexibility index (Phi) is 3.88. The highest BCUT2D eigenvalue weighted by molar-refractivity contribution is 5.78. The number of anilines is 1. The highest BCUT2D eigenvalue weighted by atomic mass is 16.6. The summed E-state index contributed by atoms with van der Waals surface area (Å²) in [5.41, 5.74) is 7.77. The van der Waals surface area contributed by atoms with E-state index < -0.39 is 0 Å². The van der Waals surface area contributed by atoms with Crippen LogP contribution in [0.15, 0.2) is 12.1 Å². The maximum absolute atomic E-state index is 11.9. The number of likely N-dealkylation sites (N-methyl/N-ethyl adjacent to an activating group) is 1. The van der Waals surface area contributed by atoms with Crippen molar-refractivity contribution in [1.82, 2.24) is 9.80 Å². The number of ether oxygens (including phenoxy) is 2. The van der Waals surface area contributed by atoms with Gasteiger partial charge in [-0.3, -0.25) is 9.69 Å². The molecule has 0 saturated carbocycles. The molecule has 0 aromatic heterocycles. The van der Waals surface area contributed by atoms with Gasteiger partial charge in [0.25, 0.3) is 0 Å². The first-order chi connectivity index (χ1) is 10.1. The topological polar surface area (TPSA) is 68.0 Å². The molecule has 114 valence electrons. The number of fused-ring (bicyclic) bond motifs is 1. The molecule has 0 atom stereocenters. The van der Waals surface area contributed by atoms with Crippen molar-refractivity contribution in [3.63, 3.8) is 0 Å². The van der Waals surface area contributed by atoms with Crippen LogP contribution in [0.3, 0.4) is 0 Å². The molecule has 2 N–H and O–H groups in total. The standard InChI is InChI=1S/C15H21N3O3/c1-17-3-2-4-18(10-15(17)19)9-11-7-13-14(8-12(11)16)21-6-5-20-13/h7-8H,2-6,9-10,16H2,1H3. The Labute approximate surface area is 124 Å². The number of carbonyl (C=O) groups is 1. The van der Waals surface area contributed by atoms with Crippen LogP contribution in [0.4, 0.5) is 5.69 Å². The van der Waals surface area contributed by atoms with Gasteiger partial charge in [-0.1, -0.05) is 0 Å². The van der Waals surface area contributed by atoms with E-state index in [2.05, 4.69) is 4.90 Å². The minimum atomic E-state index is 0.156. The smallest absolute Gasteiger partial charge is 0.236 e. The molecule has 0 radical (unpaired) electrons. The molecule has 1 aromatic carbocycles. The molecular weight excluding hydrogens is 270 g/mol. The van der Waals surface area contributed by atoms with Gasteiger partial charge in [-0.2, -0.15) is 0 Å². The average Bonchev–Trinajstić information content (AvgIpc) is 2.62. The van der Waals surface area contributed by atoms with Crippen LogP contribution < -0.4 is 15.2 Å². The van der Waals surface area contributed by atoms with E-state index in [1.165, 1.54) is 0 Å². The van der Waals surface area contributed by atoms with Crippen molar-refractivity contribution >= 4 is 11.6 Å². The minimum absolute atomic E-state index is 0.156. The molecule has 21 heavy (non-hydrogen) atoms. The van der Waals surface area contributed by atoms with Gasteiger partial charge in [-0.05, 0) is 18.1 Å². The van der Waals surface area contributed by atoms with Gasteiger partial charge in [0, 0.05) is 38.4 Å². The highest BCUT2D eigenvalue weighted by Crippen LogP contribution is 2.34. The van der Waals surface area contributed by atoms with Crippen molar-refractivity contribution in [2.45, 2.75) is 13.0 Å². The molecule has 2 aliphatic heterocycles. The number of carbonyl (C=O) groups excluding carboxylic acids is 1. The van der Waals surface area contributed by atoms with Crippen LogP contribution in [0.1, 0.15) is 12.0 Å². The Balaban J connectivity index is 1.76. The second-order valence-corrected chi connectivity index (χ2v) is 5.57. The van der Waals surface area contributed by atoms with E-state index in [0.29, 0.717) is 37.7 Å². The van der Waals surface area contributed by atoms with Gasteiger partial charge in [-0.25, -0.2) is 0 Å². The molecule has 1 fully saturated rings. The second kappa shape index (κ2) is 5.81. The van der Waals surface area contributed by atoms with Crippen molar-refractivity contribution in [2.24, 2.45) is 0 Å². The fourth-order valence-corrected chi connectivity index (χ4v) is 2.71. The van der Waals surface area contributed by atoms with Gasteiger partial charge >= 0.3 is 0 Å². The number of rotatable bonds is 2. The van der Waals surface area contributed by atoms with Crippen LogP contribution in [-0.2, 0) is 11.3 Å². The van der Waals surface area contributed by atoms with E-state index >= 15 is 0 Å². The maximum atomic E-state index is 11.9. The maximum Gasteiger partial charge on any atom is 0.236 e. The summed E-state index contributed by atoms with van der Waals surface area (Å²) < 4.78 is 11.1. The summed E-state index contributed by atoms with van der Waals surface area (Å²) >= 11 is 0. The molecule has 0 spiro atoms. The van der Waals surface area contributed by atoms with Crippen molar-refractivity contribution in [2.75, 3.05) is 45.6 Å². The molecule has 2 aliphatic rings. The number of nitrogen functional groups attached to an aromatic ring is 1. The van der Waals surface area contributed by atoms with E-state index in [-0.39, 0.29) is 5.91 Å². The molecule has 2 heterocycles. The van der Waals surface area contributed by atoms with E-state index in [1.54, 1.807) is 4.90 Å². The molecule has 1 amide bonds. The molecule has 0 bridgehead atoms. The molecule has 0 aliphatic carbocycles. The molecular formula is C15H21N3O3. The normalized spacial score (nSPS) is 19.5.